The van der Waals surface area contributed by atoms with Crippen molar-refractivity contribution in [2.45, 2.75) is 32.4 Å². The fourth-order valence-corrected chi connectivity index (χ4v) is 3.59. The number of pyridine rings is 1. The van der Waals surface area contributed by atoms with Gasteiger partial charge < -0.3 is 10.1 Å². The van der Waals surface area contributed by atoms with Crippen molar-refractivity contribution in [2.24, 2.45) is 0 Å². The van der Waals surface area contributed by atoms with Gasteiger partial charge >= 0.3 is 0 Å². The van der Waals surface area contributed by atoms with Crippen molar-refractivity contribution < 1.29 is 13.9 Å². The van der Waals surface area contributed by atoms with Crippen LogP contribution < -0.4 is 10.1 Å². The molecule has 0 unspecified atom stereocenters. The molecule has 1 aliphatic heterocycles. The first-order valence-corrected chi connectivity index (χ1v) is 9.76. The fraction of sp³-hybridized carbons (Fsp3) is 0.273. The van der Waals surface area contributed by atoms with Crippen molar-refractivity contribution in [2.75, 3.05) is 6.61 Å². The van der Waals surface area contributed by atoms with Gasteiger partial charge in [0.2, 0.25) is 5.88 Å². The minimum absolute atomic E-state index is 0.110. The number of nitriles is 1. The lowest BCUT2D eigenvalue weighted by Crippen LogP contribution is -2.32. The number of benzene rings is 1. The second-order valence-electron chi connectivity index (χ2n) is 7.00. The third-order valence-electron chi connectivity index (χ3n) is 4.95. The molecule has 1 atom stereocenters. The molecule has 1 aromatic carbocycles. The lowest BCUT2D eigenvalue weighted by atomic mass is 10.0. The number of aromatic nitrogens is 3. The quantitative estimate of drug-likeness (QED) is 0.700. The number of nitrogens with zero attached hydrogens (tertiary/aromatic N) is 4. The summed E-state index contributed by atoms with van der Waals surface area (Å²) in [6.07, 6.45) is 3.28. The number of hydrogen-bond donors (Lipinski definition) is 1. The van der Waals surface area contributed by atoms with Crippen molar-refractivity contribution in [3.8, 4) is 23.2 Å². The van der Waals surface area contributed by atoms with Crippen LogP contribution in [0.4, 0.5) is 4.39 Å². The number of carbonyl (C=O) groups excluding carboxylic acids is 1. The number of ether oxygens (including phenoxy) is 1. The SMILES string of the molecule is CCOc1cc(-c2cc3n(n2)CCC[C@H]3NC(=O)c2cc(F)cc(C#N)c2)ccn1. The molecular weight excluding hydrogens is 385 g/mol. The predicted octanol–water partition coefficient (Wildman–Crippen LogP) is 3.62. The molecule has 0 aliphatic carbocycles. The van der Waals surface area contributed by atoms with Crippen LogP contribution in [-0.2, 0) is 6.54 Å². The Labute approximate surface area is 173 Å². The fourth-order valence-electron chi connectivity index (χ4n) is 3.59. The highest BCUT2D eigenvalue weighted by Gasteiger charge is 2.25. The maximum atomic E-state index is 13.7. The lowest BCUT2D eigenvalue weighted by Gasteiger charge is -2.24. The monoisotopic (exact) mass is 405 g/mol. The maximum absolute atomic E-state index is 13.7. The molecule has 0 saturated heterocycles. The highest BCUT2D eigenvalue weighted by molar-refractivity contribution is 5.94. The molecule has 4 rings (SSSR count). The molecule has 0 radical (unpaired) electrons. The Hall–Kier alpha value is -3.73. The van der Waals surface area contributed by atoms with E-state index >= 15 is 0 Å². The minimum atomic E-state index is -0.613. The molecule has 0 spiro atoms. The molecule has 0 bridgehead atoms. The van der Waals surface area contributed by atoms with Crippen LogP contribution in [0.1, 0.15) is 47.4 Å². The van der Waals surface area contributed by atoms with Gasteiger partial charge in [-0.2, -0.15) is 10.4 Å². The van der Waals surface area contributed by atoms with Crippen LogP contribution in [0.5, 0.6) is 5.88 Å². The van der Waals surface area contributed by atoms with Crippen molar-refractivity contribution in [1.29, 1.82) is 5.26 Å². The van der Waals surface area contributed by atoms with Gasteiger partial charge in [0.25, 0.3) is 5.91 Å². The number of amides is 1. The van der Waals surface area contributed by atoms with Crippen LogP contribution in [0.15, 0.2) is 42.6 Å². The van der Waals surface area contributed by atoms with Gasteiger partial charge in [0.05, 0.1) is 35.7 Å². The molecule has 2 aromatic heterocycles. The van der Waals surface area contributed by atoms with Crippen LogP contribution in [0.3, 0.4) is 0 Å². The van der Waals surface area contributed by atoms with Gasteiger partial charge in [0, 0.05) is 29.9 Å². The van der Waals surface area contributed by atoms with Crippen LogP contribution in [0.2, 0.25) is 0 Å². The summed E-state index contributed by atoms with van der Waals surface area (Å²) in [4.78, 5) is 16.9. The first-order chi connectivity index (χ1) is 14.6. The lowest BCUT2D eigenvalue weighted by molar-refractivity contribution is 0.0928. The smallest absolute Gasteiger partial charge is 0.251 e. The second-order valence-corrected chi connectivity index (χ2v) is 7.00. The van der Waals surface area contributed by atoms with Crippen molar-refractivity contribution >= 4 is 5.91 Å². The van der Waals surface area contributed by atoms with E-state index in [9.17, 15) is 9.18 Å². The average molecular weight is 405 g/mol. The van der Waals surface area contributed by atoms with Crippen LogP contribution >= 0.6 is 0 Å². The van der Waals surface area contributed by atoms with Gasteiger partial charge in [-0.05, 0) is 50.1 Å². The Morgan fingerprint density at radius 2 is 2.23 bits per heavy atom. The number of aryl methyl sites for hydroxylation is 1. The highest BCUT2D eigenvalue weighted by atomic mass is 19.1. The van der Waals surface area contributed by atoms with E-state index < -0.39 is 11.7 Å². The molecule has 8 heteroatoms. The first-order valence-electron chi connectivity index (χ1n) is 9.76. The number of hydrogen-bond acceptors (Lipinski definition) is 5. The molecule has 7 nitrogen and oxygen atoms in total. The molecule has 3 aromatic rings. The third-order valence-corrected chi connectivity index (χ3v) is 4.95. The normalized spacial score (nSPS) is 15.2. The average Bonchev–Trinajstić information content (AvgIpc) is 3.19. The van der Waals surface area contributed by atoms with Crippen molar-refractivity contribution in [1.82, 2.24) is 20.1 Å². The third kappa shape index (κ3) is 4.01. The van der Waals surface area contributed by atoms with Crippen LogP contribution in [0, 0.1) is 17.1 Å². The van der Waals surface area contributed by atoms with Crippen molar-refractivity contribution in [3.05, 3.63) is 65.2 Å². The first kappa shape index (κ1) is 19.6. The number of carbonyl (C=O) groups is 1. The Morgan fingerprint density at radius 1 is 1.37 bits per heavy atom. The van der Waals surface area contributed by atoms with E-state index in [-0.39, 0.29) is 17.2 Å². The number of halogens is 1. The Kier molecular flexibility index (Phi) is 5.44. The van der Waals surface area contributed by atoms with E-state index in [2.05, 4.69) is 15.4 Å². The van der Waals surface area contributed by atoms with Gasteiger partial charge in [-0.15, -0.1) is 0 Å². The summed E-state index contributed by atoms with van der Waals surface area (Å²) in [6.45, 7) is 3.18. The zero-order chi connectivity index (χ0) is 21.1. The summed E-state index contributed by atoms with van der Waals surface area (Å²) >= 11 is 0. The Bertz CT molecular complexity index is 1130. The molecule has 1 aliphatic rings. The highest BCUT2D eigenvalue weighted by Crippen LogP contribution is 2.30. The molecule has 1 amide bonds. The minimum Gasteiger partial charge on any atom is -0.478 e. The molecule has 30 heavy (non-hydrogen) atoms. The Balaban J connectivity index is 1.59. The number of nitrogens with one attached hydrogen (secondary N) is 1. The van der Waals surface area contributed by atoms with E-state index in [1.54, 1.807) is 6.20 Å². The molecule has 1 N–H and O–H groups in total. The van der Waals surface area contributed by atoms with Gasteiger partial charge in [0.1, 0.15) is 5.82 Å². The van der Waals surface area contributed by atoms with Gasteiger partial charge in [0.15, 0.2) is 0 Å². The largest absolute Gasteiger partial charge is 0.478 e. The van der Waals surface area contributed by atoms with E-state index in [1.165, 1.54) is 6.07 Å². The van der Waals surface area contributed by atoms with Crippen LogP contribution in [-0.4, -0.2) is 27.3 Å². The number of fused-ring (bicyclic) bond motifs is 1. The summed E-state index contributed by atoms with van der Waals surface area (Å²) in [5, 5.41) is 16.6. The molecule has 0 fully saturated rings. The zero-order valence-electron chi connectivity index (χ0n) is 16.4. The van der Waals surface area contributed by atoms with Crippen LogP contribution in [0.25, 0.3) is 11.3 Å². The standard InChI is InChI=1S/C22H20FN5O2/c1-2-30-21-11-15(5-6-25-21)19-12-20-18(4-3-7-28(20)27-19)26-22(29)16-8-14(13-24)9-17(23)10-16/h5-6,8-12,18H,2-4,7H2,1H3,(H,26,29)/t18-/m1/s1. The van der Waals surface area contributed by atoms with Crippen molar-refractivity contribution in [3.63, 3.8) is 0 Å². The summed E-state index contributed by atoms with van der Waals surface area (Å²) in [7, 11) is 0. The molecular formula is C22H20FN5O2. The molecule has 0 saturated carbocycles. The molecule has 3 heterocycles. The van der Waals surface area contributed by atoms with E-state index in [1.807, 2.05) is 35.9 Å². The predicted molar refractivity (Wildman–Crippen MR) is 107 cm³/mol. The Morgan fingerprint density at radius 3 is 3.03 bits per heavy atom. The van der Waals surface area contributed by atoms with E-state index in [0.29, 0.717) is 12.5 Å². The number of rotatable bonds is 5. The summed E-state index contributed by atoms with van der Waals surface area (Å²) in [6, 6.07) is 10.9. The summed E-state index contributed by atoms with van der Waals surface area (Å²) in [5.41, 5.74) is 2.77. The maximum Gasteiger partial charge on any atom is 0.251 e. The summed E-state index contributed by atoms with van der Waals surface area (Å²) in [5.74, 6) is -0.502. The van der Waals surface area contributed by atoms with Gasteiger partial charge in [-0.25, -0.2) is 9.37 Å². The van der Waals surface area contributed by atoms with E-state index in [0.717, 1.165) is 48.5 Å². The zero-order valence-corrected chi connectivity index (χ0v) is 16.4. The van der Waals surface area contributed by atoms with Gasteiger partial charge in [-0.1, -0.05) is 0 Å². The van der Waals surface area contributed by atoms with E-state index in [4.69, 9.17) is 10.00 Å². The molecule has 152 valence electrons. The topological polar surface area (TPSA) is 92.8 Å². The summed E-state index contributed by atoms with van der Waals surface area (Å²) < 4.78 is 21.1. The van der Waals surface area contributed by atoms with Gasteiger partial charge in [-0.3, -0.25) is 9.48 Å². The second kappa shape index (κ2) is 8.33.